The molecule has 1 aliphatic rings. The fourth-order valence-electron chi connectivity index (χ4n) is 2.10. The number of ether oxygens (including phenoxy) is 1. The van der Waals surface area contributed by atoms with Crippen LogP contribution in [0, 0.1) is 11.3 Å². The van der Waals surface area contributed by atoms with Gasteiger partial charge in [-0.3, -0.25) is 0 Å². The van der Waals surface area contributed by atoms with Crippen molar-refractivity contribution in [3.8, 4) is 17.6 Å². The van der Waals surface area contributed by atoms with Crippen LogP contribution in [0.25, 0.3) is 6.08 Å². The highest BCUT2D eigenvalue weighted by Crippen LogP contribution is 2.31. The second-order valence-corrected chi connectivity index (χ2v) is 4.25. The van der Waals surface area contributed by atoms with E-state index in [4.69, 9.17) is 10.00 Å². The summed E-state index contributed by atoms with van der Waals surface area (Å²) in [5.41, 5.74) is 2.79. The third kappa shape index (κ3) is 2.16. The average Bonchev–Trinajstić information content (AvgIpc) is 2.48. The molecule has 0 saturated heterocycles. The zero-order valence-electron chi connectivity index (χ0n) is 10.3. The normalized spacial score (nSPS) is 12.2. The fraction of sp³-hybridized carbons (Fsp3) is 0.0625. The van der Waals surface area contributed by atoms with Gasteiger partial charge in [0, 0.05) is 12.1 Å². The van der Waals surface area contributed by atoms with Gasteiger partial charge < -0.3 is 10.1 Å². The van der Waals surface area contributed by atoms with Crippen molar-refractivity contribution in [3.05, 3.63) is 65.4 Å². The van der Waals surface area contributed by atoms with E-state index in [1.54, 1.807) is 6.07 Å². The van der Waals surface area contributed by atoms with Gasteiger partial charge in [0.15, 0.2) is 0 Å². The number of nitrogens with one attached hydrogen (secondary N) is 1. The summed E-state index contributed by atoms with van der Waals surface area (Å²) in [5, 5.41) is 12.2. The van der Waals surface area contributed by atoms with Crippen molar-refractivity contribution in [2.45, 2.75) is 6.54 Å². The minimum Gasteiger partial charge on any atom is -0.455 e. The summed E-state index contributed by atoms with van der Waals surface area (Å²) in [4.78, 5) is 0. The smallest absolute Gasteiger partial charge is 0.145 e. The lowest BCUT2D eigenvalue weighted by Crippen LogP contribution is -2.10. The van der Waals surface area contributed by atoms with E-state index in [0.29, 0.717) is 11.3 Å². The van der Waals surface area contributed by atoms with Crippen molar-refractivity contribution in [3.63, 3.8) is 0 Å². The number of hydrogen-bond acceptors (Lipinski definition) is 3. The summed E-state index contributed by atoms with van der Waals surface area (Å²) in [7, 11) is 0. The summed E-state index contributed by atoms with van der Waals surface area (Å²) in [6, 6.07) is 15.3. The molecule has 0 fully saturated rings. The fourth-order valence-corrected chi connectivity index (χ4v) is 2.10. The Kier molecular flexibility index (Phi) is 2.91. The second kappa shape index (κ2) is 4.87. The molecule has 3 nitrogen and oxygen atoms in total. The maximum Gasteiger partial charge on any atom is 0.145 e. The number of rotatable bonds is 2. The predicted octanol–water partition coefficient (Wildman–Crippen LogP) is 3.42. The minimum atomic E-state index is 0.540. The maximum absolute atomic E-state index is 9.08. The van der Waals surface area contributed by atoms with E-state index >= 15 is 0 Å². The van der Waals surface area contributed by atoms with Crippen molar-refractivity contribution in [1.29, 1.82) is 5.26 Å². The summed E-state index contributed by atoms with van der Waals surface area (Å²) in [6.07, 6.45) is 3.90. The molecule has 1 heterocycles. The zero-order chi connectivity index (χ0) is 13.1. The SMILES string of the molecule is N#Cc1ccccc1Oc1cccc2c1C=CNC2. The lowest BCUT2D eigenvalue weighted by Gasteiger charge is -2.16. The number of nitriles is 1. The van der Waals surface area contributed by atoms with Gasteiger partial charge in [-0.25, -0.2) is 0 Å². The Morgan fingerprint density at radius 2 is 1.89 bits per heavy atom. The van der Waals surface area contributed by atoms with Crippen LogP contribution < -0.4 is 10.1 Å². The Labute approximate surface area is 111 Å². The number of hydrogen-bond donors (Lipinski definition) is 1. The van der Waals surface area contributed by atoms with E-state index in [0.717, 1.165) is 17.9 Å². The van der Waals surface area contributed by atoms with Crippen molar-refractivity contribution in [2.75, 3.05) is 0 Å². The van der Waals surface area contributed by atoms with Gasteiger partial charge in [0.25, 0.3) is 0 Å². The van der Waals surface area contributed by atoms with E-state index in [2.05, 4.69) is 17.5 Å². The third-order valence-electron chi connectivity index (χ3n) is 3.04. The molecule has 1 N–H and O–H groups in total. The molecule has 0 aromatic heterocycles. The molecule has 0 saturated carbocycles. The Morgan fingerprint density at radius 1 is 1.05 bits per heavy atom. The molecule has 0 unspecified atom stereocenters. The summed E-state index contributed by atoms with van der Waals surface area (Å²) >= 11 is 0. The van der Waals surface area contributed by atoms with E-state index in [-0.39, 0.29) is 0 Å². The van der Waals surface area contributed by atoms with Gasteiger partial charge in [-0.05, 0) is 36.0 Å². The van der Waals surface area contributed by atoms with Gasteiger partial charge in [0.2, 0.25) is 0 Å². The molecule has 3 heteroatoms. The van der Waals surface area contributed by atoms with Crippen LogP contribution in [0.15, 0.2) is 48.7 Å². The van der Waals surface area contributed by atoms with E-state index < -0.39 is 0 Å². The molecule has 0 spiro atoms. The molecule has 0 amide bonds. The monoisotopic (exact) mass is 248 g/mol. The molecule has 2 aromatic rings. The highest BCUT2D eigenvalue weighted by atomic mass is 16.5. The van der Waals surface area contributed by atoms with Crippen LogP contribution in [-0.2, 0) is 6.54 Å². The van der Waals surface area contributed by atoms with Crippen molar-refractivity contribution in [2.24, 2.45) is 0 Å². The molecule has 0 bridgehead atoms. The predicted molar refractivity (Wildman–Crippen MR) is 73.5 cm³/mol. The molecule has 0 atom stereocenters. The first-order valence-corrected chi connectivity index (χ1v) is 6.07. The van der Waals surface area contributed by atoms with E-state index in [1.165, 1.54) is 5.56 Å². The van der Waals surface area contributed by atoms with Crippen LogP contribution in [-0.4, -0.2) is 0 Å². The molecule has 92 valence electrons. The second-order valence-electron chi connectivity index (χ2n) is 4.25. The first-order valence-electron chi connectivity index (χ1n) is 6.07. The van der Waals surface area contributed by atoms with Crippen LogP contribution in [0.5, 0.6) is 11.5 Å². The van der Waals surface area contributed by atoms with Crippen LogP contribution >= 0.6 is 0 Å². The number of para-hydroxylation sites is 1. The standard InChI is InChI=1S/C16H12N2O/c17-10-12-4-1-2-6-15(12)19-16-7-3-5-13-11-18-9-8-14(13)16/h1-9,18H,11H2. The van der Waals surface area contributed by atoms with E-state index in [1.807, 2.05) is 42.6 Å². The summed E-state index contributed by atoms with van der Waals surface area (Å²) in [5.74, 6) is 1.36. The molecular formula is C16H12N2O. The van der Waals surface area contributed by atoms with Crippen LogP contribution in [0.4, 0.5) is 0 Å². The molecule has 3 rings (SSSR count). The third-order valence-corrected chi connectivity index (χ3v) is 3.04. The Morgan fingerprint density at radius 3 is 2.79 bits per heavy atom. The van der Waals surface area contributed by atoms with Gasteiger partial charge in [-0.2, -0.15) is 5.26 Å². The molecule has 19 heavy (non-hydrogen) atoms. The average molecular weight is 248 g/mol. The minimum absolute atomic E-state index is 0.540. The number of benzene rings is 2. The first-order chi connectivity index (χ1) is 9.38. The highest BCUT2D eigenvalue weighted by molar-refractivity contribution is 5.63. The van der Waals surface area contributed by atoms with Crippen molar-refractivity contribution >= 4 is 6.08 Å². The Bertz CT molecular complexity index is 683. The van der Waals surface area contributed by atoms with Gasteiger partial charge in [-0.15, -0.1) is 0 Å². The quantitative estimate of drug-likeness (QED) is 0.885. The number of fused-ring (bicyclic) bond motifs is 1. The van der Waals surface area contributed by atoms with Crippen LogP contribution in [0.2, 0.25) is 0 Å². The van der Waals surface area contributed by atoms with E-state index in [9.17, 15) is 0 Å². The van der Waals surface area contributed by atoms with Crippen LogP contribution in [0.3, 0.4) is 0 Å². The van der Waals surface area contributed by atoms with Crippen molar-refractivity contribution < 1.29 is 4.74 Å². The molecule has 0 radical (unpaired) electrons. The molecule has 0 aliphatic carbocycles. The topological polar surface area (TPSA) is 45.0 Å². The Balaban J connectivity index is 2.01. The summed E-state index contributed by atoms with van der Waals surface area (Å²) < 4.78 is 5.90. The summed E-state index contributed by atoms with van der Waals surface area (Å²) in [6.45, 7) is 0.795. The lowest BCUT2D eigenvalue weighted by atomic mass is 10.0. The molecule has 2 aromatic carbocycles. The van der Waals surface area contributed by atoms with Gasteiger partial charge in [0.05, 0.1) is 5.56 Å². The number of nitrogens with zero attached hydrogens (tertiary/aromatic N) is 1. The van der Waals surface area contributed by atoms with Gasteiger partial charge in [0.1, 0.15) is 17.6 Å². The zero-order valence-corrected chi connectivity index (χ0v) is 10.3. The van der Waals surface area contributed by atoms with Crippen LogP contribution in [0.1, 0.15) is 16.7 Å². The molecule has 1 aliphatic heterocycles. The molecular weight excluding hydrogens is 236 g/mol. The lowest BCUT2D eigenvalue weighted by molar-refractivity contribution is 0.478. The van der Waals surface area contributed by atoms with Gasteiger partial charge >= 0.3 is 0 Å². The maximum atomic E-state index is 9.08. The van der Waals surface area contributed by atoms with Gasteiger partial charge in [-0.1, -0.05) is 24.3 Å². The highest BCUT2D eigenvalue weighted by Gasteiger charge is 2.11. The van der Waals surface area contributed by atoms with Crippen molar-refractivity contribution in [1.82, 2.24) is 5.32 Å². The first kappa shape index (κ1) is 11.4. The largest absolute Gasteiger partial charge is 0.455 e. The Hall–Kier alpha value is -2.73.